The van der Waals surface area contributed by atoms with Crippen molar-refractivity contribution in [1.29, 1.82) is 0 Å². The van der Waals surface area contributed by atoms with E-state index in [0.717, 1.165) is 25.3 Å². The number of thiazole rings is 2. The molecule has 5 rings (SSSR count). The van der Waals surface area contributed by atoms with Gasteiger partial charge in [-0.05, 0) is 54.1 Å². The minimum Gasteiger partial charge on any atom is -0.241 e. The summed E-state index contributed by atoms with van der Waals surface area (Å²) in [5, 5.41) is 4.63. The molecule has 5 aromatic rings. The first kappa shape index (κ1) is 13.9. The normalized spacial score (nSPS) is 11.9. The number of hydrogen-bond acceptors (Lipinski definition) is 6. The fraction of sp³-hybridized carbons (Fsp3) is 0.0588. The van der Waals surface area contributed by atoms with E-state index in [-0.39, 0.29) is 0 Å². The van der Waals surface area contributed by atoms with Crippen LogP contribution in [0.4, 0.5) is 0 Å². The summed E-state index contributed by atoms with van der Waals surface area (Å²) in [4.78, 5) is 10.6. The van der Waals surface area contributed by atoms with E-state index in [0.29, 0.717) is 0 Å². The van der Waals surface area contributed by atoms with Crippen molar-refractivity contribution >= 4 is 77.8 Å². The Labute approximate surface area is 149 Å². The van der Waals surface area contributed by atoms with Crippen molar-refractivity contribution in [1.82, 2.24) is 9.97 Å². The average Bonchev–Trinajstić information content (AvgIpc) is 3.19. The quantitative estimate of drug-likeness (QED) is 0.346. The Bertz CT molecular complexity index is 1130. The van der Waals surface area contributed by atoms with E-state index >= 15 is 0 Å². The molecule has 0 aliphatic rings. The van der Waals surface area contributed by atoms with E-state index < -0.39 is 0 Å². The Morgan fingerprint density at radius 3 is 2.22 bits per heavy atom. The van der Waals surface area contributed by atoms with E-state index in [9.17, 15) is 0 Å². The van der Waals surface area contributed by atoms with Gasteiger partial charge in [0.15, 0.2) is 0 Å². The number of rotatable bonds is 1. The van der Waals surface area contributed by atoms with E-state index in [1.807, 2.05) is 6.07 Å². The predicted octanol–water partition coefficient (Wildman–Crippen LogP) is 6.38. The number of hydrogen-bond donors (Lipinski definition) is 1. The molecular formula is C17H10N2S4. The van der Waals surface area contributed by atoms with E-state index in [1.165, 1.54) is 25.0 Å². The van der Waals surface area contributed by atoms with Crippen LogP contribution in [0.1, 0.15) is 5.01 Å². The largest absolute Gasteiger partial charge is 0.241 e. The summed E-state index contributed by atoms with van der Waals surface area (Å²) in [6.07, 6.45) is 0. The van der Waals surface area contributed by atoms with Crippen molar-refractivity contribution in [2.45, 2.75) is 11.1 Å². The lowest BCUT2D eigenvalue weighted by atomic mass is 10.1. The van der Waals surface area contributed by atoms with Crippen molar-refractivity contribution in [3.8, 4) is 9.88 Å². The van der Waals surface area contributed by atoms with Crippen LogP contribution in [0, 0.1) is 6.92 Å². The van der Waals surface area contributed by atoms with E-state index in [1.54, 1.807) is 34.0 Å². The van der Waals surface area contributed by atoms with Crippen LogP contribution >= 0.6 is 46.6 Å². The molecule has 0 aliphatic carbocycles. The van der Waals surface area contributed by atoms with Gasteiger partial charge in [0.05, 0.1) is 34.5 Å². The van der Waals surface area contributed by atoms with Gasteiger partial charge in [0.2, 0.25) is 0 Å². The maximum absolute atomic E-state index is 4.81. The van der Waals surface area contributed by atoms with Crippen LogP contribution in [0.2, 0.25) is 0 Å². The van der Waals surface area contributed by atoms with Crippen LogP contribution < -0.4 is 0 Å². The number of fused-ring (bicyclic) bond motifs is 3. The topological polar surface area (TPSA) is 25.8 Å². The summed E-state index contributed by atoms with van der Waals surface area (Å²) in [6.45, 7) is 2.05. The SMILES string of the molecule is Cc1nc2cc3cc4sc(-c5ccc(S)s5)nc4cc3cc2s1. The van der Waals surface area contributed by atoms with E-state index in [4.69, 9.17) is 4.98 Å². The maximum Gasteiger partial charge on any atom is 0.134 e. The molecule has 6 heteroatoms. The van der Waals surface area contributed by atoms with Crippen molar-refractivity contribution in [3.63, 3.8) is 0 Å². The molecule has 0 aliphatic heterocycles. The zero-order valence-corrected chi connectivity index (χ0v) is 15.4. The molecule has 0 saturated carbocycles. The highest BCUT2D eigenvalue weighted by atomic mass is 32.2. The highest BCUT2D eigenvalue weighted by Gasteiger charge is 2.10. The smallest absolute Gasteiger partial charge is 0.134 e. The van der Waals surface area contributed by atoms with Crippen LogP contribution in [-0.4, -0.2) is 9.97 Å². The van der Waals surface area contributed by atoms with Crippen LogP contribution in [-0.2, 0) is 0 Å². The molecule has 23 heavy (non-hydrogen) atoms. The molecule has 2 aromatic carbocycles. The molecule has 2 nitrogen and oxygen atoms in total. The van der Waals surface area contributed by atoms with Crippen LogP contribution in [0.15, 0.2) is 40.6 Å². The second-order valence-electron chi connectivity index (χ2n) is 5.38. The third kappa shape index (κ3) is 2.29. The van der Waals surface area contributed by atoms with E-state index in [2.05, 4.69) is 54.9 Å². The van der Waals surface area contributed by atoms with Gasteiger partial charge >= 0.3 is 0 Å². The second-order valence-corrected chi connectivity index (χ2v) is 9.51. The molecule has 3 heterocycles. The predicted molar refractivity (Wildman–Crippen MR) is 106 cm³/mol. The molecular weight excluding hydrogens is 360 g/mol. The second kappa shape index (κ2) is 5.01. The van der Waals surface area contributed by atoms with Crippen molar-refractivity contribution in [2.75, 3.05) is 0 Å². The Balaban J connectivity index is 1.77. The molecule has 112 valence electrons. The lowest BCUT2D eigenvalue weighted by Crippen LogP contribution is -1.75. The summed E-state index contributed by atoms with van der Waals surface area (Å²) >= 11 is 9.55. The van der Waals surface area contributed by atoms with Gasteiger partial charge in [0.25, 0.3) is 0 Å². The highest BCUT2D eigenvalue weighted by molar-refractivity contribution is 7.83. The zero-order valence-electron chi connectivity index (χ0n) is 12.0. The number of benzene rings is 2. The summed E-state index contributed by atoms with van der Waals surface area (Å²) in [5.41, 5.74) is 2.15. The number of thiophene rings is 1. The third-order valence-electron chi connectivity index (χ3n) is 3.76. The Morgan fingerprint density at radius 1 is 0.826 bits per heavy atom. The highest BCUT2D eigenvalue weighted by Crippen LogP contribution is 2.37. The molecule has 3 aromatic heterocycles. The van der Waals surface area contributed by atoms with Gasteiger partial charge in [-0.2, -0.15) is 0 Å². The number of nitrogens with zero attached hydrogens (tertiary/aromatic N) is 2. The first-order valence-electron chi connectivity index (χ1n) is 7.06. The zero-order chi connectivity index (χ0) is 15.6. The van der Waals surface area contributed by atoms with Gasteiger partial charge in [-0.25, -0.2) is 9.97 Å². The molecule has 0 amide bonds. The molecule has 0 radical (unpaired) electrons. The van der Waals surface area contributed by atoms with Crippen LogP contribution in [0.5, 0.6) is 0 Å². The molecule has 0 atom stereocenters. The number of aryl methyl sites for hydroxylation is 1. The van der Waals surface area contributed by atoms with Crippen LogP contribution in [0.3, 0.4) is 0 Å². The Hall–Kier alpha value is -1.47. The van der Waals surface area contributed by atoms with Crippen molar-refractivity contribution in [2.24, 2.45) is 0 Å². The fourth-order valence-electron chi connectivity index (χ4n) is 2.76. The summed E-state index contributed by atoms with van der Waals surface area (Å²) in [7, 11) is 0. The number of thiol groups is 1. The summed E-state index contributed by atoms with van der Waals surface area (Å²) in [6, 6.07) is 12.9. The summed E-state index contributed by atoms with van der Waals surface area (Å²) in [5.74, 6) is 0. The fourth-order valence-corrected chi connectivity index (χ4v) is 5.78. The monoisotopic (exact) mass is 370 g/mol. The Kier molecular flexibility index (Phi) is 3.03. The lowest BCUT2D eigenvalue weighted by Gasteiger charge is -1.97. The number of aromatic nitrogens is 2. The van der Waals surface area contributed by atoms with Gasteiger partial charge < -0.3 is 0 Å². The van der Waals surface area contributed by atoms with Crippen LogP contribution in [0.25, 0.3) is 41.1 Å². The molecule has 0 saturated heterocycles. The van der Waals surface area contributed by atoms with Gasteiger partial charge in [-0.1, -0.05) is 0 Å². The van der Waals surface area contributed by atoms with Gasteiger partial charge in [-0.3, -0.25) is 0 Å². The first-order valence-corrected chi connectivity index (χ1v) is 9.96. The molecule has 0 spiro atoms. The van der Waals surface area contributed by atoms with Gasteiger partial charge in [0, 0.05) is 0 Å². The standard InChI is InChI=1S/C17H10N2S4/c1-8-18-11-4-9-7-15-12(5-10(9)6-14(11)21-8)19-17(23-15)13-2-3-16(20)22-13/h2-7,20H,1H3. The lowest BCUT2D eigenvalue weighted by molar-refractivity contribution is 1.35. The summed E-state index contributed by atoms with van der Waals surface area (Å²) < 4.78 is 3.47. The molecule has 0 fully saturated rings. The average molecular weight is 371 g/mol. The molecule has 0 unspecified atom stereocenters. The first-order chi connectivity index (χ1) is 11.2. The third-order valence-corrected chi connectivity index (χ3v) is 7.19. The Morgan fingerprint density at radius 2 is 1.52 bits per heavy atom. The maximum atomic E-state index is 4.81. The minimum absolute atomic E-state index is 1.02. The molecule has 0 N–H and O–H groups in total. The van der Waals surface area contributed by atoms with Gasteiger partial charge in [0.1, 0.15) is 5.01 Å². The van der Waals surface area contributed by atoms with Crippen molar-refractivity contribution < 1.29 is 0 Å². The van der Waals surface area contributed by atoms with Crippen molar-refractivity contribution in [3.05, 3.63) is 41.4 Å². The minimum atomic E-state index is 1.02. The molecule has 0 bridgehead atoms. The van der Waals surface area contributed by atoms with Gasteiger partial charge in [-0.15, -0.1) is 46.6 Å².